The minimum atomic E-state index is -0.444. The molecule has 0 spiro atoms. The van der Waals surface area contributed by atoms with Gasteiger partial charge in [0, 0.05) is 11.4 Å². The number of hydrogen-bond acceptors (Lipinski definition) is 4. The number of amides is 1. The third kappa shape index (κ3) is 3.52. The Morgan fingerprint density at radius 3 is 2.57 bits per heavy atom. The summed E-state index contributed by atoms with van der Waals surface area (Å²) in [6, 6.07) is 7.68. The van der Waals surface area contributed by atoms with Crippen LogP contribution in [0.5, 0.6) is 0 Å². The second kappa shape index (κ2) is 6.58. The van der Waals surface area contributed by atoms with Crippen molar-refractivity contribution in [1.29, 1.82) is 0 Å². The Labute approximate surface area is 127 Å². The first-order valence-electron chi connectivity index (χ1n) is 6.60. The highest BCUT2D eigenvalue weighted by molar-refractivity contribution is 7.98. The van der Waals surface area contributed by atoms with Crippen molar-refractivity contribution in [3.63, 3.8) is 0 Å². The lowest BCUT2D eigenvalue weighted by atomic mass is 10.1. The summed E-state index contributed by atoms with van der Waals surface area (Å²) in [6.45, 7) is 3.77. The van der Waals surface area contributed by atoms with Gasteiger partial charge in [-0.25, -0.2) is 4.79 Å². The number of hydrogen-bond donors (Lipinski definition) is 2. The highest BCUT2D eigenvalue weighted by atomic mass is 32.2. The first-order chi connectivity index (χ1) is 10.0. The van der Waals surface area contributed by atoms with E-state index in [1.54, 1.807) is 13.2 Å². The van der Waals surface area contributed by atoms with Crippen LogP contribution >= 0.6 is 11.8 Å². The largest absolute Gasteiger partial charge is 0.346 e. The molecule has 5 nitrogen and oxygen atoms in total. The Bertz CT molecular complexity index is 708. The van der Waals surface area contributed by atoms with Crippen LogP contribution in [0.1, 0.15) is 28.5 Å². The van der Waals surface area contributed by atoms with E-state index in [-0.39, 0.29) is 5.91 Å². The molecule has 6 heteroatoms. The summed E-state index contributed by atoms with van der Waals surface area (Å²) in [5.41, 5.74) is 2.40. The van der Waals surface area contributed by atoms with Crippen molar-refractivity contribution in [2.24, 2.45) is 0 Å². The van der Waals surface area contributed by atoms with Crippen LogP contribution in [0.15, 0.2) is 34.1 Å². The van der Waals surface area contributed by atoms with E-state index in [1.807, 2.05) is 24.3 Å². The van der Waals surface area contributed by atoms with E-state index in [9.17, 15) is 9.59 Å². The molecule has 0 unspecified atom stereocenters. The van der Waals surface area contributed by atoms with Crippen LogP contribution in [0.4, 0.5) is 5.69 Å². The highest BCUT2D eigenvalue weighted by Gasteiger charge is 2.17. The minimum absolute atomic E-state index is 0.273. The van der Waals surface area contributed by atoms with Gasteiger partial charge in [-0.1, -0.05) is 19.1 Å². The lowest BCUT2D eigenvalue weighted by molar-refractivity contribution is 0.102. The Morgan fingerprint density at radius 1 is 1.33 bits per heavy atom. The molecule has 2 rings (SSSR count). The van der Waals surface area contributed by atoms with Crippen LogP contribution < -0.4 is 11.0 Å². The third-order valence-corrected chi connectivity index (χ3v) is 3.81. The van der Waals surface area contributed by atoms with Crippen molar-refractivity contribution in [1.82, 2.24) is 9.97 Å². The van der Waals surface area contributed by atoms with Crippen LogP contribution in [0.2, 0.25) is 0 Å². The summed E-state index contributed by atoms with van der Waals surface area (Å²) in [4.78, 5) is 30.1. The number of rotatable bonds is 4. The maximum Gasteiger partial charge on any atom is 0.346 e. The summed E-state index contributed by atoms with van der Waals surface area (Å²) >= 11 is 1.28. The monoisotopic (exact) mass is 303 g/mol. The molecule has 0 saturated heterocycles. The summed E-state index contributed by atoms with van der Waals surface area (Å²) in [5, 5.41) is 3.26. The number of thioether (sulfide) groups is 1. The van der Waals surface area contributed by atoms with E-state index in [1.165, 1.54) is 17.3 Å². The summed E-state index contributed by atoms with van der Waals surface area (Å²) in [5.74, 6) is -0.273. The van der Waals surface area contributed by atoms with Crippen LogP contribution in [0, 0.1) is 6.92 Å². The van der Waals surface area contributed by atoms with Gasteiger partial charge in [-0.05, 0) is 37.3 Å². The van der Waals surface area contributed by atoms with Gasteiger partial charge in [-0.15, -0.1) is 11.8 Å². The smallest absolute Gasteiger partial charge is 0.322 e. The maximum absolute atomic E-state index is 12.4. The number of aromatic amines is 1. The number of carbonyl (C=O) groups excluding carboxylic acids is 1. The molecule has 0 saturated carbocycles. The molecule has 0 fully saturated rings. The fourth-order valence-corrected chi connectivity index (χ4v) is 2.62. The zero-order valence-corrected chi connectivity index (χ0v) is 13.0. The van der Waals surface area contributed by atoms with Gasteiger partial charge < -0.3 is 10.3 Å². The number of carbonyl (C=O) groups is 1. The normalized spacial score (nSPS) is 10.4. The Kier molecular flexibility index (Phi) is 4.80. The van der Waals surface area contributed by atoms with Crippen LogP contribution in [0.25, 0.3) is 0 Å². The van der Waals surface area contributed by atoms with E-state index in [4.69, 9.17) is 0 Å². The highest BCUT2D eigenvalue weighted by Crippen LogP contribution is 2.20. The van der Waals surface area contributed by atoms with Crippen molar-refractivity contribution < 1.29 is 4.79 Å². The number of anilines is 1. The molecule has 1 amide bonds. The number of nitrogens with one attached hydrogen (secondary N) is 2. The van der Waals surface area contributed by atoms with Gasteiger partial charge in [0.1, 0.15) is 5.03 Å². The lowest BCUT2D eigenvalue weighted by Crippen LogP contribution is -2.22. The molecule has 0 bridgehead atoms. The van der Waals surface area contributed by atoms with Crippen molar-refractivity contribution in [2.75, 3.05) is 11.6 Å². The SMILES string of the molecule is CCc1ccc(NC(=O)c2c(SC)nc(=O)[nH]c2C)cc1. The van der Waals surface area contributed by atoms with E-state index < -0.39 is 5.69 Å². The topological polar surface area (TPSA) is 74.8 Å². The zero-order valence-electron chi connectivity index (χ0n) is 12.2. The van der Waals surface area contributed by atoms with Gasteiger partial charge in [0.25, 0.3) is 5.91 Å². The molecule has 2 N–H and O–H groups in total. The molecule has 2 aromatic rings. The number of H-pyrrole nitrogens is 1. The number of aryl methyl sites for hydroxylation is 2. The molecule has 0 atom stereocenters. The van der Waals surface area contributed by atoms with Gasteiger partial charge in [-0.3, -0.25) is 4.79 Å². The maximum atomic E-state index is 12.4. The molecule has 0 aliphatic heterocycles. The van der Waals surface area contributed by atoms with Gasteiger partial charge in [0.05, 0.1) is 5.56 Å². The first kappa shape index (κ1) is 15.3. The third-order valence-electron chi connectivity index (χ3n) is 3.13. The molecule has 1 aromatic heterocycles. The molecule has 0 aliphatic rings. The van der Waals surface area contributed by atoms with Crippen molar-refractivity contribution in [2.45, 2.75) is 25.3 Å². The average molecular weight is 303 g/mol. The van der Waals surface area contributed by atoms with E-state index >= 15 is 0 Å². The summed E-state index contributed by atoms with van der Waals surface area (Å²) in [7, 11) is 0. The van der Waals surface area contributed by atoms with E-state index in [2.05, 4.69) is 22.2 Å². The average Bonchev–Trinajstić information content (AvgIpc) is 2.46. The van der Waals surface area contributed by atoms with Crippen molar-refractivity contribution >= 4 is 23.4 Å². The summed E-state index contributed by atoms with van der Waals surface area (Å²) in [6.07, 6.45) is 2.74. The molecule has 0 radical (unpaired) electrons. The zero-order chi connectivity index (χ0) is 15.4. The molecular weight excluding hydrogens is 286 g/mol. The van der Waals surface area contributed by atoms with Gasteiger partial charge in [-0.2, -0.15) is 4.98 Å². The molecular formula is C15H17N3O2S. The second-order valence-corrected chi connectivity index (χ2v) is 5.35. The van der Waals surface area contributed by atoms with E-state index in [0.29, 0.717) is 16.3 Å². The fourth-order valence-electron chi connectivity index (χ4n) is 1.99. The number of benzene rings is 1. The predicted octanol–water partition coefficient (Wildman–Crippen LogP) is 2.61. The summed E-state index contributed by atoms with van der Waals surface area (Å²) < 4.78 is 0. The Balaban J connectivity index is 2.29. The Hall–Kier alpha value is -2.08. The first-order valence-corrected chi connectivity index (χ1v) is 7.82. The predicted molar refractivity (Wildman–Crippen MR) is 85.1 cm³/mol. The molecule has 21 heavy (non-hydrogen) atoms. The second-order valence-electron chi connectivity index (χ2n) is 4.56. The van der Waals surface area contributed by atoms with Gasteiger partial charge in [0.15, 0.2) is 0 Å². The molecule has 0 aliphatic carbocycles. The minimum Gasteiger partial charge on any atom is -0.322 e. The lowest BCUT2D eigenvalue weighted by Gasteiger charge is -2.10. The quantitative estimate of drug-likeness (QED) is 0.672. The number of aromatic nitrogens is 2. The Morgan fingerprint density at radius 2 is 2.00 bits per heavy atom. The molecule has 1 heterocycles. The number of nitrogens with zero attached hydrogens (tertiary/aromatic N) is 1. The van der Waals surface area contributed by atoms with Gasteiger partial charge in [0.2, 0.25) is 0 Å². The van der Waals surface area contributed by atoms with Crippen LogP contribution in [-0.2, 0) is 6.42 Å². The fraction of sp³-hybridized carbons (Fsp3) is 0.267. The van der Waals surface area contributed by atoms with Crippen LogP contribution in [0.3, 0.4) is 0 Å². The van der Waals surface area contributed by atoms with E-state index in [0.717, 1.165) is 12.1 Å². The molecule has 1 aromatic carbocycles. The standard InChI is InChI=1S/C15H17N3O2S/c1-4-10-5-7-11(8-6-10)17-13(19)12-9(2)16-15(20)18-14(12)21-3/h5-8H,4H2,1-3H3,(H,17,19)(H,16,18,20). The molecule has 110 valence electrons. The van der Waals surface area contributed by atoms with Crippen molar-refractivity contribution in [3.8, 4) is 0 Å². The van der Waals surface area contributed by atoms with Crippen molar-refractivity contribution in [3.05, 3.63) is 51.6 Å². The van der Waals surface area contributed by atoms with Gasteiger partial charge >= 0.3 is 5.69 Å². The van der Waals surface area contributed by atoms with Crippen LogP contribution in [-0.4, -0.2) is 22.1 Å².